The molecule has 6 nitrogen and oxygen atoms in total. The fourth-order valence-electron chi connectivity index (χ4n) is 2.64. The molecule has 24 heavy (non-hydrogen) atoms. The molecule has 120 valence electrons. The van der Waals surface area contributed by atoms with E-state index in [1.165, 1.54) is 11.8 Å². The molecule has 0 unspecified atom stereocenters. The number of benzene rings is 1. The van der Waals surface area contributed by atoms with E-state index >= 15 is 0 Å². The fourth-order valence-corrected chi connectivity index (χ4v) is 3.00. The Hall–Kier alpha value is -2.80. The summed E-state index contributed by atoms with van der Waals surface area (Å²) in [6, 6.07) is 11.3. The summed E-state index contributed by atoms with van der Waals surface area (Å²) in [5.41, 5.74) is 0.507. The largest absolute Gasteiger partial charge is 0.465 e. The standard InChI is InChI=1S/C17H14N4O2S/c1-24-17-19-16(22)15-12-6-2-3-7-13(12)18-14(21(15)20-17)9-8-11-5-4-10-23-11/h2-10,14H,1H3,(H,19,20,22)/b9-8+/t14-/m0/s1. The zero-order chi connectivity index (χ0) is 16.5. The van der Waals surface area contributed by atoms with Crippen LogP contribution < -0.4 is 15.9 Å². The van der Waals surface area contributed by atoms with Crippen molar-refractivity contribution in [3.63, 3.8) is 0 Å². The molecule has 2 aliphatic heterocycles. The summed E-state index contributed by atoms with van der Waals surface area (Å²) in [5, 5.41) is 11.1. The zero-order valence-corrected chi connectivity index (χ0v) is 13.7. The van der Waals surface area contributed by atoms with Gasteiger partial charge in [0.15, 0.2) is 11.3 Å². The highest BCUT2D eigenvalue weighted by atomic mass is 32.2. The van der Waals surface area contributed by atoms with E-state index in [0.717, 1.165) is 16.3 Å². The molecule has 1 amide bonds. The molecular formula is C17H14N4O2S. The van der Waals surface area contributed by atoms with Crippen LogP contribution in [-0.2, 0) is 4.79 Å². The van der Waals surface area contributed by atoms with Crippen LogP contribution >= 0.6 is 11.8 Å². The molecule has 0 bridgehead atoms. The van der Waals surface area contributed by atoms with Gasteiger partial charge < -0.3 is 4.42 Å². The van der Waals surface area contributed by atoms with Crippen LogP contribution in [0.4, 0.5) is 0 Å². The number of para-hydroxylation sites is 1. The van der Waals surface area contributed by atoms with Crippen molar-refractivity contribution in [2.24, 2.45) is 10.1 Å². The van der Waals surface area contributed by atoms with Gasteiger partial charge in [0.05, 0.1) is 11.6 Å². The first-order valence-electron chi connectivity index (χ1n) is 7.38. The second-order valence-corrected chi connectivity index (χ2v) is 5.99. The lowest BCUT2D eigenvalue weighted by atomic mass is 10.1. The number of carbonyl (C=O) groups is 1. The number of hydrogen-bond donors (Lipinski definition) is 1. The summed E-state index contributed by atoms with van der Waals surface area (Å²) in [4.78, 5) is 17.3. The second-order valence-electron chi connectivity index (χ2n) is 5.19. The number of amides is 1. The van der Waals surface area contributed by atoms with E-state index in [4.69, 9.17) is 9.41 Å². The van der Waals surface area contributed by atoms with E-state index in [1.807, 2.05) is 54.8 Å². The van der Waals surface area contributed by atoms with E-state index in [-0.39, 0.29) is 5.91 Å². The van der Waals surface area contributed by atoms with Gasteiger partial charge in [-0.2, -0.15) is 0 Å². The van der Waals surface area contributed by atoms with Crippen molar-refractivity contribution in [1.82, 2.24) is 10.3 Å². The second kappa shape index (κ2) is 6.01. The van der Waals surface area contributed by atoms with E-state index in [0.29, 0.717) is 10.9 Å². The molecule has 2 aromatic rings. The van der Waals surface area contributed by atoms with Gasteiger partial charge in [-0.05, 0) is 36.6 Å². The molecule has 1 N–H and O–H groups in total. The molecule has 0 fully saturated rings. The monoisotopic (exact) mass is 338 g/mol. The van der Waals surface area contributed by atoms with Crippen LogP contribution in [0.2, 0.25) is 0 Å². The number of amidine groups is 1. The Morgan fingerprint density at radius 1 is 1.29 bits per heavy atom. The van der Waals surface area contributed by atoms with Crippen LogP contribution in [0.15, 0.2) is 63.2 Å². The van der Waals surface area contributed by atoms with Gasteiger partial charge in [0.2, 0.25) is 0 Å². The zero-order valence-electron chi connectivity index (χ0n) is 12.8. The Morgan fingerprint density at radius 3 is 2.96 bits per heavy atom. The smallest absolute Gasteiger partial charge is 0.276 e. The highest BCUT2D eigenvalue weighted by Crippen LogP contribution is 2.21. The molecule has 2 aliphatic rings. The van der Waals surface area contributed by atoms with Crippen molar-refractivity contribution in [2.75, 3.05) is 6.26 Å². The van der Waals surface area contributed by atoms with Crippen molar-refractivity contribution in [1.29, 1.82) is 0 Å². The highest BCUT2D eigenvalue weighted by Gasteiger charge is 2.32. The van der Waals surface area contributed by atoms with Crippen molar-refractivity contribution < 1.29 is 9.21 Å². The molecule has 3 heterocycles. The number of thioether (sulfide) groups is 1. The van der Waals surface area contributed by atoms with E-state index in [9.17, 15) is 4.79 Å². The molecular weight excluding hydrogens is 324 g/mol. The lowest BCUT2D eigenvalue weighted by Gasteiger charge is -2.32. The Balaban J connectivity index is 1.86. The average molecular weight is 338 g/mol. The molecule has 1 aromatic carbocycles. The van der Waals surface area contributed by atoms with Gasteiger partial charge in [-0.3, -0.25) is 15.1 Å². The molecule has 0 saturated carbocycles. The predicted molar refractivity (Wildman–Crippen MR) is 93.1 cm³/mol. The maximum atomic E-state index is 12.6. The van der Waals surface area contributed by atoms with Crippen LogP contribution in [0.25, 0.3) is 11.8 Å². The van der Waals surface area contributed by atoms with Gasteiger partial charge >= 0.3 is 0 Å². The predicted octanol–water partition coefficient (Wildman–Crippen LogP) is 1.13. The Morgan fingerprint density at radius 2 is 2.17 bits per heavy atom. The number of carbonyl (C=O) groups excluding carboxylic acids is 1. The van der Waals surface area contributed by atoms with Crippen LogP contribution in [0, 0.1) is 0 Å². The minimum absolute atomic E-state index is 0.173. The maximum absolute atomic E-state index is 12.6. The number of hydrazone groups is 1. The number of nitrogens with one attached hydrogen (secondary N) is 1. The summed E-state index contributed by atoms with van der Waals surface area (Å²) in [7, 11) is 0. The van der Waals surface area contributed by atoms with Crippen molar-refractivity contribution in [3.05, 3.63) is 65.1 Å². The van der Waals surface area contributed by atoms with Crippen molar-refractivity contribution >= 4 is 34.6 Å². The quantitative estimate of drug-likeness (QED) is 0.891. The first-order valence-corrected chi connectivity index (χ1v) is 8.61. The molecule has 0 saturated heterocycles. The molecule has 4 rings (SSSR count). The summed E-state index contributed by atoms with van der Waals surface area (Å²) in [5.74, 6) is 0.550. The minimum Gasteiger partial charge on any atom is -0.465 e. The van der Waals surface area contributed by atoms with Gasteiger partial charge in [0, 0.05) is 5.22 Å². The Labute approximate surface area is 142 Å². The normalized spacial score (nSPS) is 19.5. The summed E-state index contributed by atoms with van der Waals surface area (Å²) in [6.45, 7) is 0. The Bertz CT molecular complexity index is 963. The van der Waals surface area contributed by atoms with Crippen LogP contribution in [0.1, 0.15) is 5.76 Å². The molecule has 0 spiro atoms. The minimum atomic E-state index is -0.409. The number of rotatable bonds is 2. The molecule has 1 atom stereocenters. The van der Waals surface area contributed by atoms with Crippen molar-refractivity contribution in [2.45, 2.75) is 6.17 Å². The molecule has 1 aromatic heterocycles. The van der Waals surface area contributed by atoms with Gasteiger partial charge in [0.25, 0.3) is 5.91 Å². The summed E-state index contributed by atoms with van der Waals surface area (Å²) in [6.07, 6.45) is 6.78. The van der Waals surface area contributed by atoms with E-state index in [2.05, 4.69) is 10.4 Å². The third-order valence-corrected chi connectivity index (χ3v) is 4.28. The summed E-state index contributed by atoms with van der Waals surface area (Å²) >= 11 is 1.38. The van der Waals surface area contributed by atoms with Crippen molar-refractivity contribution in [3.8, 4) is 0 Å². The van der Waals surface area contributed by atoms with Gasteiger partial charge in [-0.1, -0.05) is 30.0 Å². The van der Waals surface area contributed by atoms with Gasteiger partial charge in [0.1, 0.15) is 11.5 Å². The fraction of sp³-hybridized carbons (Fsp3) is 0.118. The third kappa shape index (κ3) is 2.52. The Kier molecular flexibility index (Phi) is 3.70. The first kappa shape index (κ1) is 14.8. The topological polar surface area (TPSA) is 70.2 Å². The van der Waals surface area contributed by atoms with E-state index in [1.54, 1.807) is 11.3 Å². The van der Waals surface area contributed by atoms with Crippen LogP contribution in [0.5, 0.6) is 0 Å². The third-order valence-electron chi connectivity index (χ3n) is 3.71. The molecule has 0 radical (unpaired) electrons. The van der Waals surface area contributed by atoms with Crippen LogP contribution in [-0.4, -0.2) is 28.5 Å². The van der Waals surface area contributed by atoms with Gasteiger partial charge in [-0.25, -0.2) is 5.01 Å². The number of hydrogen-bond acceptors (Lipinski definition) is 6. The average Bonchev–Trinajstić information content (AvgIpc) is 3.12. The lowest BCUT2D eigenvalue weighted by molar-refractivity contribution is -0.116. The SMILES string of the molecule is CSC1=NN2C(=c3ccccc3=N[C@@H]2/C=C/c2ccco2)C(=O)N1. The number of nitrogens with zero attached hydrogens (tertiary/aromatic N) is 3. The van der Waals surface area contributed by atoms with E-state index < -0.39 is 6.17 Å². The van der Waals surface area contributed by atoms with Crippen LogP contribution in [0.3, 0.4) is 0 Å². The summed E-state index contributed by atoms with van der Waals surface area (Å²) < 4.78 is 5.32. The number of fused-ring (bicyclic) bond motifs is 2. The van der Waals surface area contributed by atoms with Gasteiger partial charge in [-0.15, -0.1) is 5.10 Å². The first-order chi connectivity index (χ1) is 11.8. The molecule has 7 heteroatoms. The highest BCUT2D eigenvalue weighted by molar-refractivity contribution is 8.13. The number of furan rings is 1. The maximum Gasteiger partial charge on any atom is 0.276 e. The molecule has 0 aliphatic carbocycles. The lowest BCUT2D eigenvalue weighted by Crippen LogP contribution is -2.52.